The Kier molecular flexibility index (Phi) is 9.79. The molecule has 0 unspecified atom stereocenters. The van der Waals surface area contributed by atoms with Crippen LogP contribution in [-0.4, -0.2) is 44.3 Å². The van der Waals surface area contributed by atoms with E-state index in [4.69, 9.17) is 0 Å². The van der Waals surface area contributed by atoms with Gasteiger partial charge in [-0.25, -0.2) is 12.8 Å². The number of nitrogens with zero attached hydrogens (tertiary/aromatic N) is 2. The van der Waals surface area contributed by atoms with Gasteiger partial charge in [-0.1, -0.05) is 62.4 Å². The molecule has 3 rings (SSSR count). The fourth-order valence-electron chi connectivity index (χ4n) is 3.91. The molecule has 0 spiro atoms. The van der Waals surface area contributed by atoms with Gasteiger partial charge in [-0.3, -0.25) is 13.9 Å². The van der Waals surface area contributed by atoms with Crippen molar-refractivity contribution in [2.75, 3.05) is 17.4 Å². The van der Waals surface area contributed by atoms with Gasteiger partial charge in [0.05, 0.1) is 10.6 Å². The number of anilines is 1. The van der Waals surface area contributed by atoms with Gasteiger partial charge in [0.1, 0.15) is 18.4 Å². The zero-order chi connectivity index (χ0) is 26.8. The highest BCUT2D eigenvalue weighted by molar-refractivity contribution is 7.92. The predicted octanol–water partition coefficient (Wildman–Crippen LogP) is 4.35. The van der Waals surface area contributed by atoms with Gasteiger partial charge in [0, 0.05) is 13.1 Å². The highest BCUT2D eigenvalue weighted by Gasteiger charge is 2.33. The van der Waals surface area contributed by atoms with E-state index in [1.54, 1.807) is 67.6 Å². The largest absolute Gasteiger partial charge is 0.354 e. The standard InChI is InChI=1S/C28H32FN3O4S/c1-3-19-30-28(34)26(4-2)31(20-22-15-17-23(29)18-16-22)27(33)21-32(24-11-7-5-8-12-24)37(35,36)25-13-9-6-10-14-25/h5-18,26H,3-4,19-21H2,1-2H3,(H,30,34)/t26-/m1/s1. The van der Waals surface area contributed by atoms with Crippen molar-refractivity contribution in [3.05, 3.63) is 96.3 Å². The maximum atomic E-state index is 13.8. The second-order valence-corrected chi connectivity index (χ2v) is 10.4. The van der Waals surface area contributed by atoms with E-state index >= 15 is 0 Å². The summed E-state index contributed by atoms with van der Waals surface area (Å²) in [6.07, 6.45) is 1.05. The van der Waals surface area contributed by atoms with Gasteiger partial charge in [0.25, 0.3) is 10.0 Å². The quantitative estimate of drug-likeness (QED) is 0.381. The van der Waals surface area contributed by atoms with E-state index in [-0.39, 0.29) is 17.3 Å². The number of hydrogen-bond acceptors (Lipinski definition) is 4. The molecule has 0 radical (unpaired) electrons. The lowest BCUT2D eigenvalue weighted by Gasteiger charge is -2.33. The van der Waals surface area contributed by atoms with Crippen LogP contribution >= 0.6 is 0 Å². The van der Waals surface area contributed by atoms with Gasteiger partial charge in [0.2, 0.25) is 11.8 Å². The van der Waals surface area contributed by atoms with Crippen LogP contribution in [0.1, 0.15) is 32.3 Å². The van der Waals surface area contributed by atoms with Gasteiger partial charge in [-0.2, -0.15) is 0 Å². The number of hydrogen-bond donors (Lipinski definition) is 1. The molecule has 37 heavy (non-hydrogen) atoms. The molecule has 0 aromatic heterocycles. The lowest BCUT2D eigenvalue weighted by Crippen LogP contribution is -2.52. The van der Waals surface area contributed by atoms with Crippen LogP contribution in [0.15, 0.2) is 89.8 Å². The summed E-state index contributed by atoms with van der Waals surface area (Å²) in [6, 6.07) is 21.1. The van der Waals surface area contributed by atoms with Crippen LogP contribution < -0.4 is 9.62 Å². The molecule has 0 fully saturated rings. The second kappa shape index (κ2) is 13.0. The fourth-order valence-corrected chi connectivity index (χ4v) is 5.35. The molecular weight excluding hydrogens is 493 g/mol. The van der Waals surface area contributed by atoms with Crippen molar-refractivity contribution in [1.82, 2.24) is 10.2 Å². The van der Waals surface area contributed by atoms with Crippen molar-refractivity contribution < 1.29 is 22.4 Å². The summed E-state index contributed by atoms with van der Waals surface area (Å²) in [4.78, 5) is 28.2. The molecule has 3 aromatic carbocycles. The summed E-state index contributed by atoms with van der Waals surface area (Å²) < 4.78 is 41.8. The third-order valence-corrected chi connectivity index (χ3v) is 7.64. The minimum Gasteiger partial charge on any atom is -0.354 e. The zero-order valence-corrected chi connectivity index (χ0v) is 21.8. The number of benzene rings is 3. The predicted molar refractivity (Wildman–Crippen MR) is 142 cm³/mol. The lowest BCUT2D eigenvalue weighted by molar-refractivity contribution is -0.140. The molecule has 0 saturated heterocycles. The maximum absolute atomic E-state index is 13.8. The third kappa shape index (κ3) is 7.16. The number of nitrogens with one attached hydrogen (secondary N) is 1. The summed E-state index contributed by atoms with van der Waals surface area (Å²) in [5.41, 5.74) is 0.943. The van der Waals surface area contributed by atoms with Crippen molar-refractivity contribution in [2.24, 2.45) is 0 Å². The number of halogens is 1. The number of para-hydroxylation sites is 1. The van der Waals surface area contributed by atoms with Gasteiger partial charge in [-0.05, 0) is 54.8 Å². The van der Waals surface area contributed by atoms with Crippen LogP contribution in [0.3, 0.4) is 0 Å². The van der Waals surface area contributed by atoms with E-state index in [0.717, 1.165) is 10.7 Å². The Morgan fingerprint density at radius 3 is 2.05 bits per heavy atom. The van der Waals surface area contributed by atoms with E-state index in [0.29, 0.717) is 24.2 Å². The monoisotopic (exact) mass is 525 g/mol. The van der Waals surface area contributed by atoms with Crippen molar-refractivity contribution in [3.8, 4) is 0 Å². The van der Waals surface area contributed by atoms with Gasteiger partial charge in [0.15, 0.2) is 0 Å². The van der Waals surface area contributed by atoms with Gasteiger partial charge < -0.3 is 10.2 Å². The lowest BCUT2D eigenvalue weighted by atomic mass is 10.1. The normalized spacial score (nSPS) is 12.0. The summed E-state index contributed by atoms with van der Waals surface area (Å²) in [6.45, 7) is 3.67. The topological polar surface area (TPSA) is 86.8 Å². The Bertz CT molecular complexity index is 1270. The van der Waals surface area contributed by atoms with E-state index in [2.05, 4.69) is 5.32 Å². The molecule has 1 atom stereocenters. The van der Waals surface area contributed by atoms with E-state index in [1.165, 1.54) is 29.2 Å². The summed E-state index contributed by atoms with van der Waals surface area (Å²) in [5.74, 6) is -1.29. The van der Waals surface area contributed by atoms with Gasteiger partial charge >= 0.3 is 0 Å². The smallest absolute Gasteiger partial charge is 0.264 e. The van der Waals surface area contributed by atoms with Crippen molar-refractivity contribution in [2.45, 2.75) is 44.2 Å². The molecule has 3 aromatic rings. The van der Waals surface area contributed by atoms with Crippen molar-refractivity contribution >= 4 is 27.5 Å². The molecule has 196 valence electrons. The Hall–Kier alpha value is -3.72. The highest BCUT2D eigenvalue weighted by Crippen LogP contribution is 2.24. The first-order chi connectivity index (χ1) is 17.8. The molecule has 9 heteroatoms. The Morgan fingerprint density at radius 1 is 0.892 bits per heavy atom. The van der Waals surface area contributed by atoms with Crippen LogP contribution in [0.5, 0.6) is 0 Å². The highest BCUT2D eigenvalue weighted by atomic mass is 32.2. The summed E-state index contributed by atoms with van der Waals surface area (Å²) in [7, 11) is -4.09. The number of amides is 2. The first kappa shape index (κ1) is 27.9. The van der Waals surface area contributed by atoms with Gasteiger partial charge in [-0.15, -0.1) is 0 Å². The molecule has 0 bridgehead atoms. The molecule has 1 N–H and O–H groups in total. The molecule has 2 amide bonds. The molecule has 0 heterocycles. The molecule has 0 saturated carbocycles. The van der Waals surface area contributed by atoms with Crippen LogP contribution in [0.25, 0.3) is 0 Å². The van der Waals surface area contributed by atoms with Crippen molar-refractivity contribution in [1.29, 1.82) is 0 Å². The Labute approximate surface area is 218 Å². The summed E-state index contributed by atoms with van der Waals surface area (Å²) >= 11 is 0. The average molecular weight is 526 g/mol. The first-order valence-corrected chi connectivity index (χ1v) is 13.7. The molecule has 7 nitrogen and oxygen atoms in total. The minimum absolute atomic E-state index is 0.0190. The summed E-state index contributed by atoms with van der Waals surface area (Å²) in [5, 5.41) is 2.83. The zero-order valence-electron chi connectivity index (χ0n) is 21.0. The maximum Gasteiger partial charge on any atom is 0.264 e. The number of carbonyl (C=O) groups excluding carboxylic acids is 2. The molecule has 0 aliphatic carbocycles. The molecular formula is C28H32FN3O4S. The number of carbonyl (C=O) groups is 2. The molecule has 0 aliphatic heterocycles. The second-order valence-electron chi connectivity index (χ2n) is 8.52. The molecule has 0 aliphatic rings. The van der Waals surface area contributed by atoms with E-state index in [9.17, 15) is 22.4 Å². The fraction of sp³-hybridized carbons (Fsp3) is 0.286. The number of sulfonamides is 1. The van der Waals surface area contributed by atoms with Crippen molar-refractivity contribution in [3.63, 3.8) is 0 Å². The van der Waals surface area contributed by atoms with Crippen LogP contribution in [0, 0.1) is 5.82 Å². The average Bonchev–Trinajstić information content (AvgIpc) is 2.92. The Balaban J connectivity index is 2.00. The van der Waals surface area contributed by atoms with Crippen LogP contribution in [0.4, 0.5) is 10.1 Å². The van der Waals surface area contributed by atoms with E-state index < -0.39 is 34.3 Å². The SMILES string of the molecule is CCCNC(=O)[C@@H](CC)N(Cc1ccc(F)cc1)C(=O)CN(c1ccccc1)S(=O)(=O)c1ccccc1. The van der Waals surface area contributed by atoms with E-state index in [1.807, 2.05) is 6.92 Å². The third-order valence-electron chi connectivity index (χ3n) is 5.86. The number of rotatable bonds is 12. The van der Waals surface area contributed by atoms with Crippen LogP contribution in [0.2, 0.25) is 0 Å². The Morgan fingerprint density at radius 2 is 1.49 bits per heavy atom. The first-order valence-electron chi connectivity index (χ1n) is 12.2. The van der Waals surface area contributed by atoms with Crippen LogP contribution in [-0.2, 0) is 26.2 Å². The minimum atomic E-state index is -4.09.